The monoisotopic (exact) mass is 242 g/mol. The van der Waals surface area contributed by atoms with Gasteiger partial charge in [-0.05, 0) is 36.5 Å². The maximum Gasteiger partial charge on any atom is 0.0946 e. The quantitative estimate of drug-likeness (QED) is 0.772. The number of rotatable bonds is 6. The van der Waals surface area contributed by atoms with E-state index in [0.29, 0.717) is 23.7 Å². The standard InChI is InChI=1S/C15H30O2/c1-6-12(4)14(13(5)11(2)3)15(10-16)8-7-9-17-15/h11-14,16H,6-10H2,1-5H3. The van der Waals surface area contributed by atoms with Gasteiger partial charge in [-0.25, -0.2) is 0 Å². The molecule has 1 N–H and O–H groups in total. The second-order valence-electron chi connectivity index (χ2n) is 6.19. The van der Waals surface area contributed by atoms with Gasteiger partial charge in [0.25, 0.3) is 0 Å². The summed E-state index contributed by atoms with van der Waals surface area (Å²) in [6, 6.07) is 0. The third-order valence-corrected chi connectivity index (χ3v) is 4.88. The molecule has 1 rings (SSSR count). The molecule has 0 spiro atoms. The fraction of sp³-hybridized carbons (Fsp3) is 1.00. The number of hydrogen-bond acceptors (Lipinski definition) is 2. The summed E-state index contributed by atoms with van der Waals surface area (Å²) < 4.78 is 6.00. The third kappa shape index (κ3) is 3.03. The fourth-order valence-electron chi connectivity index (χ4n) is 3.40. The summed E-state index contributed by atoms with van der Waals surface area (Å²) in [4.78, 5) is 0. The molecule has 0 bridgehead atoms. The first-order chi connectivity index (χ1) is 7.98. The molecule has 0 aromatic carbocycles. The van der Waals surface area contributed by atoms with Crippen LogP contribution < -0.4 is 0 Å². The van der Waals surface area contributed by atoms with Crippen molar-refractivity contribution in [3.05, 3.63) is 0 Å². The summed E-state index contributed by atoms with van der Waals surface area (Å²) >= 11 is 0. The van der Waals surface area contributed by atoms with Crippen molar-refractivity contribution in [3.8, 4) is 0 Å². The molecule has 0 saturated carbocycles. The van der Waals surface area contributed by atoms with Crippen LogP contribution in [0.2, 0.25) is 0 Å². The van der Waals surface area contributed by atoms with Crippen LogP contribution in [0.3, 0.4) is 0 Å². The molecule has 1 fully saturated rings. The second kappa shape index (κ2) is 6.19. The molecule has 0 amide bonds. The Kier molecular flexibility index (Phi) is 5.46. The normalized spacial score (nSPS) is 30.5. The van der Waals surface area contributed by atoms with Gasteiger partial charge in [-0.1, -0.05) is 41.0 Å². The number of aliphatic hydroxyl groups is 1. The van der Waals surface area contributed by atoms with Crippen molar-refractivity contribution in [1.29, 1.82) is 0 Å². The van der Waals surface area contributed by atoms with Gasteiger partial charge in [0.15, 0.2) is 0 Å². The molecule has 1 aliphatic rings. The molecule has 0 aromatic rings. The van der Waals surface area contributed by atoms with Crippen molar-refractivity contribution in [2.24, 2.45) is 23.7 Å². The molecule has 4 unspecified atom stereocenters. The summed E-state index contributed by atoms with van der Waals surface area (Å²) in [5.74, 6) is 2.31. The Labute approximate surface area is 107 Å². The van der Waals surface area contributed by atoms with Gasteiger partial charge in [0.2, 0.25) is 0 Å². The molecule has 1 aliphatic heterocycles. The molecule has 4 atom stereocenters. The molecule has 0 aromatic heterocycles. The van der Waals surface area contributed by atoms with E-state index in [1.54, 1.807) is 0 Å². The van der Waals surface area contributed by atoms with Crippen molar-refractivity contribution >= 4 is 0 Å². The molecular formula is C15H30O2. The van der Waals surface area contributed by atoms with E-state index in [9.17, 15) is 5.11 Å². The Morgan fingerprint density at radius 1 is 1.24 bits per heavy atom. The first-order valence-corrected chi connectivity index (χ1v) is 7.23. The third-order valence-electron chi connectivity index (χ3n) is 4.88. The van der Waals surface area contributed by atoms with Crippen LogP contribution in [0, 0.1) is 23.7 Å². The van der Waals surface area contributed by atoms with Gasteiger partial charge < -0.3 is 9.84 Å². The first kappa shape index (κ1) is 15.0. The van der Waals surface area contributed by atoms with Gasteiger partial charge in [0.1, 0.15) is 0 Å². The smallest absolute Gasteiger partial charge is 0.0946 e. The van der Waals surface area contributed by atoms with Crippen LogP contribution in [0.15, 0.2) is 0 Å². The Balaban J connectivity index is 2.95. The lowest BCUT2D eigenvalue weighted by atomic mass is 9.67. The van der Waals surface area contributed by atoms with Crippen molar-refractivity contribution in [2.45, 2.75) is 59.5 Å². The number of ether oxygens (including phenoxy) is 1. The molecule has 1 saturated heterocycles. The summed E-state index contributed by atoms with van der Waals surface area (Å²) in [6.45, 7) is 12.4. The van der Waals surface area contributed by atoms with Crippen molar-refractivity contribution < 1.29 is 9.84 Å². The molecule has 1 heterocycles. The van der Waals surface area contributed by atoms with Gasteiger partial charge in [-0.2, -0.15) is 0 Å². The first-order valence-electron chi connectivity index (χ1n) is 7.23. The lowest BCUT2D eigenvalue weighted by Gasteiger charge is -2.43. The van der Waals surface area contributed by atoms with Crippen LogP contribution in [-0.4, -0.2) is 23.9 Å². The highest BCUT2D eigenvalue weighted by Gasteiger charge is 2.47. The van der Waals surface area contributed by atoms with Gasteiger partial charge in [0, 0.05) is 6.61 Å². The SMILES string of the molecule is CCC(C)C(C(C)C(C)C)C1(CO)CCCO1. The van der Waals surface area contributed by atoms with Crippen molar-refractivity contribution in [1.82, 2.24) is 0 Å². The highest BCUT2D eigenvalue weighted by Crippen LogP contribution is 2.44. The highest BCUT2D eigenvalue weighted by molar-refractivity contribution is 4.96. The van der Waals surface area contributed by atoms with E-state index in [1.807, 2.05) is 0 Å². The summed E-state index contributed by atoms with van der Waals surface area (Å²) in [7, 11) is 0. The lowest BCUT2D eigenvalue weighted by Crippen LogP contribution is -2.48. The minimum absolute atomic E-state index is 0.180. The molecule has 0 radical (unpaired) electrons. The van der Waals surface area contributed by atoms with Crippen molar-refractivity contribution in [3.63, 3.8) is 0 Å². The van der Waals surface area contributed by atoms with E-state index < -0.39 is 0 Å². The zero-order valence-electron chi connectivity index (χ0n) is 12.2. The van der Waals surface area contributed by atoms with E-state index in [4.69, 9.17) is 4.74 Å². The minimum Gasteiger partial charge on any atom is -0.393 e. The number of hydrogen-bond donors (Lipinski definition) is 1. The predicted molar refractivity (Wildman–Crippen MR) is 71.9 cm³/mol. The average Bonchev–Trinajstić information content (AvgIpc) is 2.78. The van der Waals surface area contributed by atoms with Crippen LogP contribution in [0.4, 0.5) is 0 Å². The van der Waals surface area contributed by atoms with Gasteiger partial charge in [0.05, 0.1) is 12.2 Å². The van der Waals surface area contributed by atoms with Gasteiger partial charge in [-0.15, -0.1) is 0 Å². The van der Waals surface area contributed by atoms with E-state index in [0.717, 1.165) is 25.9 Å². The number of aliphatic hydroxyl groups excluding tert-OH is 1. The van der Waals surface area contributed by atoms with Crippen LogP contribution in [-0.2, 0) is 4.74 Å². The Morgan fingerprint density at radius 3 is 2.24 bits per heavy atom. The Bertz CT molecular complexity index is 219. The summed E-state index contributed by atoms with van der Waals surface area (Å²) in [5, 5.41) is 9.84. The fourth-order valence-corrected chi connectivity index (χ4v) is 3.40. The topological polar surface area (TPSA) is 29.5 Å². The molecule has 2 nitrogen and oxygen atoms in total. The summed E-state index contributed by atoms with van der Waals surface area (Å²) in [6.07, 6.45) is 3.28. The molecule has 2 heteroatoms. The Morgan fingerprint density at radius 2 is 1.88 bits per heavy atom. The highest BCUT2D eigenvalue weighted by atomic mass is 16.5. The molecular weight excluding hydrogens is 212 g/mol. The van der Waals surface area contributed by atoms with Gasteiger partial charge >= 0.3 is 0 Å². The van der Waals surface area contributed by atoms with E-state index >= 15 is 0 Å². The Hall–Kier alpha value is -0.0800. The molecule has 102 valence electrons. The van der Waals surface area contributed by atoms with Crippen LogP contribution in [0.1, 0.15) is 53.9 Å². The van der Waals surface area contributed by atoms with E-state index in [-0.39, 0.29) is 12.2 Å². The molecule has 0 aliphatic carbocycles. The van der Waals surface area contributed by atoms with E-state index in [2.05, 4.69) is 34.6 Å². The zero-order valence-corrected chi connectivity index (χ0v) is 12.2. The van der Waals surface area contributed by atoms with Crippen LogP contribution >= 0.6 is 0 Å². The van der Waals surface area contributed by atoms with Crippen molar-refractivity contribution in [2.75, 3.05) is 13.2 Å². The lowest BCUT2D eigenvalue weighted by molar-refractivity contribution is -0.116. The largest absolute Gasteiger partial charge is 0.393 e. The predicted octanol–water partition coefficient (Wildman–Crippen LogP) is 3.48. The molecule has 17 heavy (non-hydrogen) atoms. The minimum atomic E-state index is -0.265. The van der Waals surface area contributed by atoms with Crippen LogP contribution in [0.5, 0.6) is 0 Å². The second-order valence-corrected chi connectivity index (χ2v) is 6.19. The van der Waals surface area contributed by atoms with Gasteiger partial charge in [-0.3, -0.25) is 0 Å². The summed E-state index contributed by atoms with van der Waals surface area (Å²) in [5.41, 5.74) is -0.265. The van der Waals surface area contributed by atoms with Crippen LogP contribution in [0.25, 0.3) is 0 Å². The maximum absolute atomic E-state index is 9.84. The zero-order chi connectivity index (χ0) is 13.1. The maximum atomic E-state index is 9.84. The average molecular weight is 242 g/mol. The van der Waals surface area contributed by atoms with E-state index in [1.165, 1.54) is 0 Å².